The molecule has 0 bridgehead atoms. The highest BCUT2D eigenvalue weighted by atomic mass is 32.1. The highest BCUT2D eigenvalue weighted by Crippen LogP contribution is 2.37. The van der Waals surface area contributed by atoms with E-state index >= 15 is 0 Å². The molecule has 0 spiro atoms. The molecule has 146 valence electrons. The Morgan fingerprint density at radius 2 is 1.69 bits per heavy atom. The van der Waals surface area contributed by atoms with E-state index in [9.17, 15) is 26.3 Å². The normalized spacial score (nSPS) is 20.9. The third kappa shape index (κ3) is 5.47. The minimum absolute atomic E-state index is 0.000183. The maximum Gasteiger partial charge on any atom is 0.416 e. The fourth-order valence-corrected chi connectivity index (χ4v) is 3.32. The van der Waals surface area contributed by atoms with Crippen molar-refractivity contribution in [3.63, 3.8) is 0 Å². The van der Waals surface area contributed by atoms with Crippen LogP contribution in [-0.2, 0) is 12.4 Å². The number of quaternary nitrogens is 1. The van der Waals surface area contributed by atoms with E-state index in [-0.39, 0.29) is 16.9 Å². The summed E-state index contributed by atoms with van der Waals surface area (Å²) < 4.78 is 77.2. The van der Waals surface area contributed by atoms with Gasteiger partial charge in [-0.1, -0.05) is 0 Å². The first-order valence-electron chi connectivity index (χ1n) is 8.19. The van der Waals surface area contributed by atoms with E-state index < -0.39 is 23.5 Å². The van der Waals surface area contributed by atoms with E-state index in [2.05, 4.69) is 17.6 Å². The third-order valence-corrected chi connectivity index (χ3v) is 4.68. The third-order valence-electron chi connectivity index (χ3n) is 4.44. The quantitative estimate of drug-likeness (QED) is 0.536. The second-order valence-corrected chi connectivity index (χ2v) is 6.64. The molecule has 3 N–H and O–H groups in total. The zero-order valence-corrected chi connectivity index (χ0v) is 14.8. The molecule has 10 heteroatoms. The molecule has 26 heavy (non-hydrogen) atoms. The zero-order chi connectivity index (χ0) is 19.5. The van der Waals surface area contributed by atoms with Crippen LogP contribution in [0.15, 0.2) is 18.2 Å². The molecule has 1 saturated heterocycles. The maximum absolute atomic E-state index is 12.9. The molecule has 1 aromatic carbocycles. The maximum atomic E-state index is 12.9. The van der Waals surface area contributed by atoms with Gasteiger partial charge in [0, 0.05) is 18.5 Å². The molecule has 1 unspecified atom stereocenters. The molecule has 0 aliphatic carbocycles. The molecule has 0 saturated carbocycles. The van der Waals surface area contributed by atoms with Crippen LogP contribution in [0.4, 0.5) is 32.0 Å². The van der Waals surface area contributed by atoms with Crippen LogP contribution >= 0.6 is 12.2 Å². The number of likely N-dealkylation sites (N-methyl/N-ethyl adjacent to an activating group) is 1. The molecule has 2 atom stereocenters. The summed E-state index contributed by atoms with van der Waals surface area (Å²) in [6, 6.07) is 1.64. The van der Waals surface area contributed by atoms with Crippen molar-refractivity contribution < 1.29 is 31.2 Å². The van der Waals surface area contributed by atoms with Gasteiger partial charge < -0.3 is 15.5 Å². The number of anilines is 1. The number of alkyl halides is 6. The molecule has 1 heterocycles. The summed E-state index contributed by atoms with van der Waals surface area (Å²) >= 11 is 5.02. The monoisotopic (exact) mass is 400 g/mol. The van der Waals surface area contributed by atoms with Crippen molar-refractivity contribution >= 4 is 23.0 Å². The van der Waals surface area contributed by atoms with E-state index in [0.29, 0.717) is 24.7 Å². The average molecular weight is 400 g/mol. The minimum Gasteiger partial charge on any atom is -0.356 e. The van der Waals surface area contributed by atoms with Gasteiger partial charge in [0.2, 0.25) is 0 Å². The lowest BCUT2D eigenvalue weighted by molar-refractivity contribution is -0.909. The van der Waals surface area contributed by atoms with Gasteiger partial charge in [0.25, 0.3) is 0 Å². The van der Waals surface area contributed by atoms with Crippen LogP contribution in [0, 0.1) is 0 Å². The predicted octanol–water partition coefficient (Wildman–Crippen LogP) is 3.08. The number of halogens is 6. The van der Waals surface area contributed by atoms with Crippen LogP contribution in [0.1, 0.15) is 30.9 Å². The van der Waals surface area contributed by atoms with Crippen LogP contribution in [0.2, 0.25) is 0 Å². The van der Waals surface area contributed by atoms with Crippen LogP contribution in [0.25, 0.3) is 0 Å². The van der Waals surface area contributed by atoms with Crippen molar-refractivity contribution in [2.45, 2.75) is 38.2 Å². The van der Waals surface area contributed by atoms with Crippen molar-refractivity contribution in [2.75, 3.05) is 25.0 Å². The van der Waals surface area contributed by atoms with Crippen LogP contribution in [0.3, 0.4) is 0 Å². The van der Waals surface area contributed by atoms with E-state index in [1.807, 2.05) is 0 Å². The van der Waals surface area contributed by atoms with Crippen molar-refractivity contribution in [1.29, 1.82) is 0 Å². The number of hydrogen-bond donors (Lipinski definition) is 3. The molecule has 1 aliphatic rings. The van der Waals surface area contributed by atoms with Gasteiger partial charge in [0.05, 0.1) is 30.8 Å². The Kier molecular flexibility index (Phi) is 6.38. The van der Waals surface area contributed by atoms with Crippen LogP contribution < -0.4 is 15.5 Å². The SMILES string of the molecule is CC[NH+]1CCC[C@H]1CNC(=S)Nc1cc(C(F)(F)F)cc(C(F)(F)F)c1. The molecule has 2 rings (SSSR count). The summed E-state index contributed by atoms with van der Waals surface area (Å²) in [7, 11) is 0. The summed E-state index contributed by atoms with van der Waals surface area (Å²) in [4.78, 5) is 1.40. The molecule has 1 aromatic rings. The first kappa shape index (κ1) is 20.8. The summed E-state index contributed by atoms with van der Waals surface area (Å²) in [5.74, 6) is 0. The first-order valence-corrected chi connectivity index (χ1v) is 8.60. The average Bonchev–Trinajstić information content (AvgIpc) is 2.98. The number of thiocarbonyl (C=S) groups is 1. The fraction of sp³-hybridized carbons (Fsp3) is 0.562. The number of rotatable bonds is 4. The Morgan fingerprint density at radius 3 is 2.19 bits per heavy atom. The first-order chi connectivity index (χ1) is 12.0. The predicted molar refractivity (Wildman–Crippen MR) is 90.1 cm³/mol. The Balaban J connectivity index is 2.08. The Labute approximate surface area is 152 Å². The Hall–Kier alpha value is -1.55. The van der Waals surface area contributed by atoms with Gasteiger partial charge in [0.15, 0.2) is 5.11 Å². The largest absolute Gasteiger partial charge is 0.416 e. The van der Waals surface area contributed by atoms with E-state index in [4.69, 9.17) is 12.2 Å². The van der Waals surface area contributed by atoms with Crippen LogP contribution in [0.5, 0.6) is 0 Å². The second kappa shape index (κ2) is 7.99. The van der Waals surface area contributed by atoms with E-state index in [1.54, 1.807) is 0 Å². The van der Waals surface area contributed by atoms with E-state index in [1.165, 1.54) is 4.90 Å². The fourth-order valence-electron chi connectivity index (χ4n) is 3.11. The number of nitrogens with one attached hydrogen (secondary N) is 3. The Bertz CT molecular complexity index is 612. The summed E-state index contributed by atoms with van der Waals surface area (Å²) in [5, 5.41) is 5.33. The van der Waals surface area contributed by atoms with Gasteiger partial charge in [0.1, 0.15) is 6.04 Å². The number of likely N-dealkylation sites (tertiary alicyclic amines) is 1. The molecule has 0 radical (unpaired) electrons. The van der Waals surface area contributed by atoms with Gasteiger partial charge in [-0.25, -0.2) is 0 Å². The second-order valence-electron chi connectivity index (χ2n) is 6.23. The smallest absolute Gasteiger partial charge is 0.356 e. The lowest BCUT2D eigenvalue weighted by Gasteiger charge is -2.21. The van der Waals surface area contributed by atoms with Crippen molar-refractivity contribution in [2.24, 2.45) is 0 Å². The molecule has 0 aromatic heterocycles. The highest BCUT2D eigenvalue weighted by molar-refractivity contribution is 7.80. The van der Waals surface area contributed by atoms with Gasteiger partial charge in [-0.15, -0.1) is 0 Å². The van der Waals surface area contributed by atoms with Crippen molar-refractivity contribution in [3.05, 3.63) is 29.3 Å². The summed E-state index contributed by atoms with van der Waals surface area (Å²) in [5.41, 5.74) is -3.11. The molecule has 1 fully saturated rings. The standard InChI is InChI=1S/C16H19F6N3S/c1-2-25-5-3-4-13(25)9-23-14(26)24-12-7-10(15(17,18)19)6-11(8-12)16(20,21)22/h6-8,13H,2-5,9H2,1H3,(H2,23,24,26)/p+1/t13-/m0/s1. The highest BCUT2D eigenvalue weighted by Gasteiger charge is 2.37. The van der Waals surface area contributed by atoms with E-state index in [0.717, 1.165) is 25.9 Å². The lowest BCUT2D eigenvalue weighted by atomic mass is 10.1. The van der Waals surface area contributed by atoms with Gasteiger partial charge in [-0.05, 0) is 37.3 Å². The van der Waals surface area contributed by atoms with Crippen molar-refractivity contribution in [3.8, 4) is 0 Å². The molecule has 1 aliphatic heterocycles. The molecular formula is C16H20F6N3S+. The lowest BCUT2D eigenvalue weighted by Crippen LogP contribution is -3.14. The number of benzene rings is 1. The molecule has 0 amide bonds. The Morgan fingerprint density at radius 1 is 1.12 bits per heavy atom. The van der Waals surface area contributed by atoms with Gasteiger partial charge >= 0.3 is 12.4 Å². The summed E-state index contributed by atoms with van der Waals surface area (Å²) in [6.45, 7) is 4.58. The van der Waals surface area contributed by atoms with Gasteiger partial charge in [-0.2, -0.15) is 26.3 Å². The topological polar surface area (TPSA) is 28.5 Å². The van der Waals surface area contributed by atoms with Gasteiger partial charge in [-0.3, -0.25) is 0 Å². The minimum atomic E-state index is -4.89. The van der Waals surface area contributed by atoms with Crippen molar-refractivity contribution in [1.82, 2.24) is 5.32 Å². The zero-order valence-electron chi connectivity index (χ0n) is 14.0. The summed E-state index contributed by atoms with van der Waals surface area (Å²) in [6.07, 6.45) is -7.69. The molecule has 3 nitrogen and oxygen atoms in total. The van der Waals surface area contributed by atoms with Crippen LogP contribution in [-0.4, -0.2) is 30.8 Å². The molecular weight excluding hydrogens is 380 g/mol. The number of hydrogen-bond acceptors (Lipinski definition) is 1.